The van der Waals surface area contributed by atoms with Gasteiger partial charge in [-0.15, -0.1) is 0 Å². The highest BCUT2D eigenvalue weighted by Crippen LogP contribution is 2.14. The molecule has 0 bridgehead atoms. The van der Waals surface area contributed by atoms with E-state index in [-0.39, 0.29) is 16.7 Å². The number of anilines is 2. The van der Waals surface area contributed by atoms with Gasteiger partial charge in [-0.1, -0.05) is 0 Å². The minimum atomic E-state index is -3.89. The van der Waals surface area contributed by atoms with Crippen molar-refractivity contribution >= 4 is 39.1 Å². The van der Waals surface area contributed by atoms with Gasteiger partial charge in [-0.25, -0.2) is 13.1 Å². The molecule has 10 heteroatoms. The van der Waals surface area contributed by atoms with Gasteiger partial charge in [0.05, 0.1) is 11.4 Å². The molecular weight excluding hydrogens is 384 g/mol. The van der Waals surface area contributed by atoms with Crippen LogP contribution in [0, 0.1) is 0 Å². The first-order valence-corrected chi connectivity index (χ1v) is 9.69. The fourth-order valence-corrected chi connectivity index (χ4v) is 3.20. The lowest BCUT2D eigenvalue weighted by Crippen LogP contribution is -2.32. The molecular formula is C18H20N4O5S. The molecule has 0 spiro atoms. The lowest BCUT2D eigenvalue weighted by molar-refractivity contribution is -0.115. The van der Waals surface area contributed by atoms with Crippen LogP contribution in [0.4, 0.5) is 11.4 Å². The second-order valence-corrected chi connectivity index (χ2v) is 7.50. The third-order valence-corrected chi connectivity index (χ3v) is 4.98. The van der Waals surface area contributed by atoms with Gasteiger partial charge in [0, 0.05) is 30.9 Å². The van der Waals surface area contributed by atoms with Crippen molar-refractivity contribution in [2.24, 2.45) is 0 Å². The Kier molecular flexibility index (Phi) is 6.85. The summed E-state index contributed by atoms with van der Waals surface area (Å²) in [6, 6.07) is 11.7. The van der Waals surface area contributed by atoms with E-state index in [2.05, 4.69) is 20.7 Å². The topological polar surface area (TPSA) is 133 Å². The number of carbonyl (C=O) groups is 3. The molecule has 0 atom stereocenters. The van der Waals surface area contributed by atoms with Gasteiger partial charge in [-0.3, -0.25) is 14.4 Å². The third-order valence-electron chi connectivity index (χ3n) is 3.57. The van der Waals surface area contributed by atoms with Crippen molar-refractivity contribution in [1.82, 2.24) is 10.0 Å². The van der Waals surface area contributed by atoms with Gasteiger partial charge in [-0.2, -0.15) is 0 Å². The maximum atomic E-state index is 12.3. The summed E-state index contributed by atoms with van der Waals surface area (Å²) in [6.45, 7) is 0.879. The fraction of sp³-hybridized carbons (Fsp3) is 0.167. The molecule has 28 heavy (non-hydrogen) atoms. The zero-order valence-corrected chi connectivity index (χ0v) is 16.1. The first-order chi connectivity index (χ1) is 13.2. The van der Waals surface area contributed by atoms with Crippen LogP contribution in [0.3, 0.4) is 0 Å². The van der Waals surface area contributed by atoms with E-state index in [1.807, 2.05) is 0 Å². The SMILES string of the molecule is CNC(=O)c1ccc(NC(=O)CNS(=O)(=O)c2ccc(NC(C)=O)cc2)cc1. The molecule has 2 aromatic rings. The van der Waals surface area contributed by atoms with Gasteiger partial charge < -0.3 is 16.0 Å². The Labute approximate surface area is 162 Å². The summed E-state index contributed by atoms with van der Waals surface area (Å²) in [7, 11) is -2.38. The van der Waals surface area contributed by atoms with Crippen molar-refractivity contribution in [2.45, 2.75) is 11.8 Å². The van der Waals surface area contributed by atoms with Crippen molar-refractivity contribution in [3.63, 3.8) is 0 Å². The minimum absolute atomic E-state index is 0.0377. The van der Waals surface area contributed by atoms with Crippen molar-refractivity contribution in [3.05, 3.63) is 54.1 Å². The van der Waals surface area contributed by atoms with Gasteiger partial charge in [0.15, 0.2) is 0 Å². The van der Waals surface area contributed by atoms with E-state index in [0.717, 1.165) is 0 Å². The molecule has 0 fully saturated rings. The monoisotopic (exact) mass is 404 g/mol. The second kappa shape index (κ2) is 9.11. The Balaban J connectivity index is 1.93. The molecule has 2 aromatic carbocycles. The molecule has 0 radical (unpaired) electrons. The maximum absolute atomic E-state index is 12.3. The average molecular weight is 404 g/mol. The summed E-state index contributed by atoms with van der Waals surface area (Å²) in [4.78, 5) is 34.4. The highest BCUT2D eigenvalue weighted by atomic mass is 32.2. The van der Waals surface area contributed by atoms with Crippen LogP contribution < -0.4 is 20.7 Å². The fourth-order valence-electron chi connectivity index (χ4n) is 2.22. The molecule has 0 unspecified atom stereocenters. The first kappa shape index (κ1) is 21.1. The Morgan fingerprint density at radius 3 is 1.93 bits per heavy atom. The van der Waals surface area contributed by atoms with Gasteiger partial charge in [0.2, 0.25) is 21.8 Å². The molecule has 148 valence electrons. The average Bonchev–Trinajstić information content (AvgIpc) is 2.66. The predicted octanol–water partition coefficient (Wildman–Crippen LogP) is 0.922. The highest BCUT2D eigenvalue weighted by Gasteiger charge is 2.15. The molecule has 4 N–H and O–H groups in total. The van der Waals surface area contributed by atoms with Gasteiger partial charge in [0.1, 0.15) is 0 Å². The quantitative estimate of drug-likeness (QED) is 0.545. The maximum Gasteiger partial charge on any atom is 0.251 e. The van der Waals surface area contributed by atoms with Crippen LogP contribution in [-0.2, 0) is 19.6 Å². The number of nitrogens with one attached hydrogen (secondary N) is 4. The number of benzene rings is 2. The third kappa shape index (κ3) is 5.89. The van der Waals surface area contributed by atoms with Crippen LogP contribution in [0.5, 0.6) is 0 Å². The number of carbonyl (C=O) groups excluding carboxylic acids is 3. The predicted molar refractivity (Wildman–Crippen MR) is 104 cm³/mol. The summed E-state index contributed by atoms with van der Waals surface area (Å²) in [5, 5.41) is 7.55. The minimum Gasteiger partial charge on any atom is -0.355 e. The van der Waals surface area contributed by atoms with Gasteiger partial charge in [0.25, 0.3) is 5.91 Å². The van der Waals surface area contributed by atoms with E-state index in [9.17, 15) is 22.8 Å². The standard InChI is InChI=1S/C18H20N4O5S/c1-12(23)21-14-7-9-16(10-8-14)28(26,27)20-11-17(24)22-15-5-3-13(4-6-15)18(25)19-2/h3-10,20H,11H2,1-2H3,(H,19,25)(H,21,23)(H,22,24). The summed E-state index contributed by atoms with van der Waals surface area (Å²) < 4.78 is 26.7. The molecule has 3 amide bonds. The van der Waals surface area contributed by atoms with Gasteiger partial charge in [-0.05, 0) is 48.5 Å². The number of hydrogen-bond acceptors (Lipinski definition) is 5. The molecule has 2 rings (SSSR count). The molecule has 0 aromatic heterocycles. The van der Waals surface area contributed by atoms with Gasteiger partial charge >= 0.3 is 0 Å². The molecule has 0 aliphatic carbocycles. The van der Waals surface area contributed by atoms with E-state index >= 15 is 0 Å². The van der Waals surface area contributed by atoms with E-state index < -0.39 is 22.5 Å². The molecule has 0 heterocycles. The largest absolute Gasteiger partial charge is 0.355 e. The molecule has 0 aliphatic rings. The van der Waals surface area contributed by atoms with E-state index in [0.29, 0.717) is 16.9 Å². The van der Waals surface area contributed by atoms with E-state index in [4.69, 9.17) is 0 Å². The van der Waals surface area contributed by atoms with Crippen molar-refractivity contribution in [3.8, 4) is 0 Å². The molecule has 0 aliphatic heterocycles. The van der Waals surface area contributed by atoms with E-state index in [1.165, 1.54) is 62.5 Å². The zero-order chi connectivity index (χ0) is 20.7. The summed E-state index contributed by atoms with van der Waals surface area (Å²) in [6.07, 6.45) is 0. The lowest BCUT2D eigenvalue weighted by atomic mass is 10.2. The normalized spacial score (nSPS) is 10.8. The van der Waals surface area contributed by atoms with Crippen LogP contribution in [0.1, 0.15) is 17.3 Å². The van der Waals surface area contributed by atoms with Crippen LogP contribution in [-0.4, -0.2) is 39.7 Å². The summed E-state index contributed by atoms with van der Waals surface area (Å²) in [5.41, 5.74) is 1.32. The molecule has 9 nitrogen and oxygen atoms in total. The smallest absolute Gasteiger partial charge is 0.251 e. The molecule has 0 saturated carbocycles. The van der Waals surface area contributed by atoms with E-state index in [1.54, 1.807) is 0 Å². The summed E-state index contributed by atoms with van der Waals surface area (Å²) >= 11 is 0. The van der Waals surface area contributed by atoms with Crippen molar-refractivity contribution in [1.29, 1.82) is 0 Å². The number of rotatable bonds is 7. The van der Waals surface area contributed by atoms with Crippen molar-refractivity contribution in [2.75, 3.05) is 24.2 Å². The summed E-state index contributed by atoms with van der Waals surface area (Å²) in [5.74, 6) is -1.09. The Bertz CT molecular complexity index is 970. The number of hydrogen-bond donors (Lipinski definition) is 4. The highest BCUT2D eigenvalue weighted by molar-refractivity contribution is 7.89. The first-order valence-electron chi connectivity index (χ1n) is 8.20. The number of sulfonamides is 1. The Morgan fingerprint density at radius 2 is 1.39 bits per heavy atom. The van der Waals surface area contributed by atoms with Crippen LogP contribution in [0.25, 0.3) is 0 Å². The van der Waals surface area contributed by atoms with Crippen LogP contribution in [0.15, 0.2) is 53.4 Å². The molecule has 0 saturated heterocycles. The van der Waals surface area contributed by atoms with Crippen molar-refractivity contribution < 1.29 is 22.8 Å². The van der Waals surface area contributed by atoms with Crippen LogP contribution in [0.2, 0.25) is 0 Å². The number of amides is 3. The van der Waals surface area contributed by atoms with Crippen LogP contribution >= 0.6 is 0 Å². The Hall–Kier alpha value is -3.24. The lowest BCUT2D eigenvalue weighted by Gasteiger charge is -2.09. The second-order valence-electron chi connectivity index (χ2n) is 5.73. The zero-order valence-electron chi connectivity index (χ0n) is 15.3. The Morgan fingerprint density at radius 1 is 0.857 bits per heavy atom.